The molecule has 0 fully saturated rings. The van der Waals surface area contributed by atoms with Gasteiger partial charge in [0.2, 0.25) is 0 Å². The summed E-state index contributed by atoms with van der Waals surface area (Å²) in [7, 11) is 0. The Labute approximate surface area is 172 Å². The van der Waals surface area contributed by atoms with E-state index in [1.165, 1.54) is 0 Å². The van der Waals surface area contributed by atoms with Gasteiger partial charge in [0.25, 0.3) is 5.91 Å². The van der Waals surface area contributed by atoms with E-state index >= 15 is 0 Å². The van der Waals surface area contributed by atoms with Crippen molar-refractivity contribution < 1.29 is 9.53 Å². The predicted octanol–water partition coefficient (Wildman–Crippen LogP) is 5.56. The molecule has 5 nitrogen and oxygen atoms in total. The van der Waals surface area contributed by atoms with Gasteiger partial charge in [0.1, 0.15) is 5.75 Å². The van der Waals surface area contributed by atoms with Crippen LogP contribution in [0.4, 0.5) is 11.4 Å². The van der Waals surface area contributed by atoms with E-state index in [4.69, 9.17) is 27.9 Å². The van der Waals surface area contributed by atoms with Crippen molar-refractivity contribution in [3.05, 3.63) is 82.1 Å². The molecule has 0 aliphatic carbocycles. The van der Waals surface area contributed by atoms with Crippen molar-refractivity contribution in [2.24, 2.45) is 0 Å². The highest BCUT2D eigenvalue weighted by Gasteiger charge is 2.39. The molecule has 0 radical (unpaired) electrons. The second kappa shape index (κ2) is 7.70. The number of amides is 1. The Hall–Kier alpha value is -2.76. The molecule has 0 unspecified atom stereocenters. The topological polar surface area (TPSA) is 54.5 Å². The summed E-state index contributed by atoms with van der Waals surface area (Å²) in [6.07, 6.45) is 1.18. The summed E-state index contributed by atoms with van der Waals surface area (Å²) in [6.45, 7) is 2.51. The third kappa shape index (κ3) is 3.51. The van der Waals surface area contributed by atoms with E-state index in [9.17, 15) is 4.79 Å². The number of carbonyl (C=O) groups excluding carboxylic acids is 1. The molecule has 1 amide bonds. The smallest absolute Gasteiger partial charge is 0.262 e. The van der Waals surface area contributed by atoms with E-state index in [0.717, 1.165) is 11.4 Å². The van der Waals surface area contributed by atoms with Crippen LogP contribution >= 0.6 is 23.2 Å². The zero-order chi connectivity index (χ0) is 19.7. The van der Waals surface area contributed by atoms with E-state index in [0.29, 0.717) is 33.6 Å². The van der Waals surface area contributed by atoms with Gasteiger partial charge >= 0.3 is 0 Å². The molecule has 142 valence electrons. The van der Waals surface area contributed by atoms with E-state index in [1.54, 1.807) is 41.4 Å². The maximum atomic E-state index is 13.1. The van der Waals surface area contributed by atoms with Gasteiger partial charge in [0.15, 0.2) is 6.17 Å². The SMILES string of the molecule is CCOc1ccc(N2C(=O)c3cccnc3[C@@H]2Nc2cc(Cl)cc(Cl)c2)cc1. The number of pyridine rings is 1. The second-order valence-corrected chi connectivity index (χ2v) is 7.12. The van der Waals surface area contributed by atoms with Gasteiger partial charge in [-0.25, -0.2) is 0 Å². The van der Waals surface area contributed by atoms with E-state index in [-0.39, 0.29) is 5.91 Å². The lowest BCUT2D eigenvalue weighted by Crippen LogP contribution is -2.32. The number of carbonyl (C=O) groups is 1. The summed E-state index contributed by atoms with van der Waals surface area (Å²) >= 11 is 12.3. The first-order valence-corrected chi connectivity index (χ1v) is 9.56. The number of halogens is 2. The van der Waals surface area contributed by atoms with Gasteiger partial charge in [0.05, 0.1) is 17.9 Å². The average Bonchev–Trinajstić information content (AvgIpc) is 2.94. The van der Waals surface area contributed by atoms with Crippen molar-refractivity contribution in [2.75, 3.05) is 16.8 Å². The van der Waals surface area contributed by atoms with Crippen LogP contribution in [0.5, 0.6) is 5.75 Å². The monoisotopic (exact) mass is 413 g/mol. The summed E-state index contributed by atoms with van der Waals surface area (Å²) in [5, 5.41) is 4.36. The van der Waals surface area contributed by atoms with Crippen molar-refractivity contribution in [1.82, 2.24) is 4.98 Å². The number of fused-ring (bicyclic) bond motifs is 1. The summed E-state index contributed by atoms with van der Waals surface area (Å²) < 4.78 is 5.50. The number of benzene rings is 2. The van der Waals surface area contributed by atoms with Crippen LogP contribution in [0.25, 0.3) is 0 Å². The highest BCUT2D eigenvalue weighted by atomic mass is 35.5. The molecule has 2 aromatic carbocycles. The normalized spacial score (nSPS) is 15.5. The van der Waals surface area contributed by atoms with Crippen molar-refractivity contribution in [2.45, 2.75) is 13.1 Å². The summed E-state index contributed by atoms with van der Waals surface area (Å²) in [5.41, 5.74) is 2.64. The molecule has 0 saturated heterocycles. The van der Waals surface area contributed by atoms with Crippen LogP contribution < -0.4 is 15.0 Å². The highest BCUT2D eigenvalue weighted by molar-refractivity contribution is 6.35. The van der Waals surface area contributed by atoms with E-state index in [2.05, 4.69) is 10.3 Å². The number of rotatable bonds is 5. The number of ether oxygens (including phenoxy) is 1. The molecular weight excluding hydrogens is 397 g/mol. The molecule has 1 atom stereocenters. The molecule has 4 rings (SSSR count). The Morgan fingerprint density at radius 1 is 1.11 bits per heavy atom. The highest BCUT2D eigenvalue weighted by Crippen LogP contribution is 2.38. The Balaban J connectivity index is 1.74. The van der Waals surface area contributed by atoms with Crippen LogP contribution in [0.1, 0.15) is 29.1 Å². The molecule has 1 N–H and O–H groups in total. The molecule has 1 aliphatic rings. The molecular formula is C21H17Cl2N3O2. The van der Waals surface area contributed by atoms with E-state index < -0.39 is 6.17 Å². The minimum absolute atomic E-state index is 0.127. The van der Waals surface area contributed by atoms with Crippen molar-refractivity contribution >= 4 is 40.5 Å². The number of hydrogen-bond donors (Lipinski definition) is 1. The lowest BCUT2D eigenvalue weighted by Gasteiger charge is -2.27. The lowest BCUT2D eigenvalue weighted by atomic mass is 10.2. The van der Waals surface area contributed by atoms with Gasteiger partial charge in [-0.3, -0.25) is 14.7 Å². The Kier molecular flexibility index (Phi) is 5.11. The number of nitrogens with one attached hydrogen (secondary N) is 1. The number of aromatic nitrogens is 1. The number of hydrogen-bond acceptors (Lipinski definition) is 4. The van der Waals surface area contributed by atoms with Crippen LogP contribution in [0.2, 0.25) is 10.0 Å². The summed E-state index contributed by atoms with van der Waals surface area (Å²) in [6, 6.07) is 16.1. The van der Waals surface area contributed by atoms with Gasteiger partial charge in [-0.05, 0) is 61.5 Å². The Morgan fingerprint density at radius 2 is 1.82 bits per heavy atom. The zero-order valence-corrected chi connectivity index (χ0v) is 16.5. The number of nitrogens with zero attached hydrogens (tertiary/aromatic N) is 2. The molecule has 0 bridgehead atoms. The first-order valence-electron chi connectivity index (χ1n) is 8.81. The molecule has 1 aromatic heterocycles. The standard InChI is InChI=1S/C21H17Cl2N3O2/c1-2-28-17-7-5-16(6-8-17)26-20(19-18(21(26)27)4-3-9-24-19)25-15-11-13(22)10-14(23)12-15/h3-12,20,25H,2H2,1H3/t20-/m1/s1. The van der Waals surface area contributed by atoms with Gasteiger partial charge in [0, 0.05) is 27.6 Å². The molecule has 3 aromatic rings. The molecule has 28 heavy (non-hydrogen) atoms. The first kappa shape index (κ1) is 18.6. The van der Waals surface area contributed by atoms with E-state index in [1.807, 2.05) is 31.2 Å². The summed E-state index contributed by atoms with van der Waals surface area (Å²) in [4.78, 5) is 19.2. The second-order valence-electron chi connectivity index (χ2n) is 6.24. The van der Waals surface area contributed by atoms with Gasteiger partial charge in [-0.2, -0.15) is 0 Å². The molecule has 7 heteroatoms. The van der Waals surface area contributed by atoms with Crippen LogP contribution in [-0.2, 0) is 0 Å². The van der Waals surface area contributed by atoms with Gasteiger partial charge in [-0.1, -0.05) is 23.2 Å². The van der Waals surface area contributed by atoms with Crippen LogP contribution in [-0.4, -0.2) is 17.5 Å². The van der Waals surface area contributed by atoms with Gasteiger partial charge < -0.3 is 10.1 Å². The number of anilines is 2. The third-order valence-corrected chi connectivity index (χ3v) is 4.83. The van der Waals surface area contributed by atoms with Gasteiger partial charge in [-0.15, -0.1) is 0 Å². The summed E-state index contributed by atoms with van der Waals surface area (Å²) in [5.74, 6) is 0.623. The maximum Gasteiger partial charge on any atom is 0.262 e. The minimum Gasteiger partial charge on any atom is -0.494 e. The molecule has 2 heterocycles. The first-order chi connectivity index (χ1) is 13.6. The zero-order valence-electron chi connectivity index (χ0n) is 15.0. The van der Waals surface area contributed by atoms with Crippen molar-refractivity contribution in [3.8, 4) is 5.75 Å². The van der Waals surface area contributed by atoms with Crippen molar-refractivity contribution in [3.63, 3.8) is 0 Å². The fourth-order valence-electron chi connectivity index (χ4n) is 3.25. The molecule has 0 spiro atoms. The largest absolute Gasteiger partial charge is 0.494 e. The van der Waals surface area contributed by atoms with Crippen molar-refractivity contribution in [1.29, 1.82) is 0 Å². The Morgan fingerprint density at radius 3 is 2.50 bits per heavy atom. The fourth-order valence-corrected chi connectivity index (χ4v) is 3.78. The van der Waals surface area contributed by atoms with Crippen LogP contribution in [0.15, 0.2) is 60.8 Å². The molecule has 0 saturated carbocycles. The maximum absolute atomic E-state index is 13.1. The lowest BCUT2D eigenvalue weighted by molar-refractivity contribution is 0.0993. The minimum atomic E-state index is -0.490. The predicted molar refractivity (Wildman–Crippen MR) is 111 cm³/mol. The third-order valence-electron chi connectivity index (χ3n) is 4.40. The quantitative estimate of drug-likeness (QED) is 0.594. The van der Waals surface area contributed by atoms with Crippen LogP contribution in [0.3, 0.4) is 0 Å². The molecule has 1 aliphatic heterocycles. The van der Waals surface area contributed by atoms with Crippen LogP contribution in [0, 0.1) is 0 Å². The fraction of sp³-hybridized carbons (Fsp3) is 0.143. The average molecular weight is 414 g/mol. The Bertz CT molecular complexity index is 1000.